The topological polar surface area (TPSA) is 42.0 Å². The molecular weight excluding hydrogens is 244 g/mol. The van der Waals surface area contributed by atoms with Crippen LogP contribution >= 0.6 is 11.3 Å². The number of carbonyl (C=O) groups excluding carboxylic acids is 1. The van der Waals surface area contributed by atoms with Gasteiger partial charge >= 0.3 is 0 Å². The first-order chi connectivity index (χ1) is 8.38. The minimum atomic E-state index is 0.113. The molecule has 1 N–H and O–H groups in total. The third-order valence-corrected chi connectivity index (χ3v) is 4.31. The number of hydrogen-bond acceptors (Lipinski definition) is 3. The van der Waals surface area contributed by atoms with Gasteiger partial charge in [-0.05, 0) is 12.3 Å². The van der Waals surface area contributed by atoms with Gasteiger partial charge in [0.2, 0.25) is 5.91 Å². The molecule has 1 aliphatic rings. The number of amides is 1. The summed E-state index contributed by atoms with van der Waals surface area (Å²) in [5.41, 5.74) is 1.26. The summed E-state index contributed by atoms with van der Waals surface area (Å²) < 4.78 is 0. The van der Waals surface area contributed by atoms with Crippen LogP contribution in [0.2, 0.25) is 0 Å². The average Bonchev–Trinajstić information content (AvgIpc) is 2.80. The van der Waals surface area contributed by atoms with E-state index >= 15 is 0 Å². The van der Waals surface area contributed by atoms with E-state index in [4.69, 9.17) is 0 Å². The van der Waals surface area contributed by atoms with Gasteiger partial charge in [-0.25, -0.2) is 4.98 Å². The van der Waals surface area contributed by atoms with Gasteiger partial charge in [-0.1, -0.05) is 27.7 Å². The molecule has 0 radical (unpaired) electrons. The van der Waals surface area contributed by atoms with E-state index in [9.17, 15) is 4.79 Å². The van der Waals surface area contributed by atoms with E-state index < -0.39 is 0 Å². The normalized spacial score (nSPS) is 22.9. The van der Waals surface area contributed by atoms with Crippen molar-refractivity contribution in [2.45, 2.75) is 46.0 Å². The molecule has 1 heterocycles. The number of aromatic nitrogens is 1. The van der Waals surface area contributed by atoms with Crippen LogP contribution in [0.5, 0.6) is 0 Å². The lowest BCUT2D eigenvalue weighted by molar-refractivity contribution is -0.122. The highest BCUT2D eigenvalue weighted by molar-refractivity contribution is 7.09. The molecule has 1 aromatic rings. The first-order valence-electron chi connectivity index (χ1n) is 6.60. The maximum absolute atomic E-state index is 11.6. The maximum Gasteiger partial charge on any atom is 0.223 e. The zero-order valence-corrected chi connectivity index (χ0v) is 12.4. The molecule has 2 unspecified atom stereocenters. The molecule has 1 saturated carbocycles. The molecule has 2 atom stereocenters. The molecule has 4 heteroatoms. The first kappa shape index (κ1) is 13.5. The number of hydrogen-bond donors (Lipinski definition) is 1. The largest absolute Gasteiger partial charge is 0.355 e. The van der Waals surface area contributed by atoms with Gasteiger partial charge in [-0.3, -0.25) is 4.79 Å². The fraction of sp³-hybridized carbons (Fsp3) is 0.714. The van der Waals surface area contributed by atoms with Crippen LogP contribution in [0.1, 0.15) is 44.8 Å². The molecule has 1 aromatic heterocycles. The number of carbonyl (C=O) groups is 1. The minimum absolute atomic E-state index is 0.113. The highest BCUT2D eigenvalue weighted by Gasteiger charge is 2.38. The standard InChI is InChI=1S/C14H22N2OS/c1-9-7-10(9)13(17)15-6-5-12-16-11(8-18-12)14(2,3)4/h8-10H,5-7H2,1-4H3,(H,15,17). The van der Waals surface area contributed by atoms with Crippen LogP contribution in [0.25, 0.3) is 0 Å². The second-order valence-electron chi connectivity index (χ2n) is 6.24. The van der Waals surface area contributed by atoms with Crippen molar-refractivity contribution < 1.29 is 4.79 Å². The number of rotatable bonds is 4. The molecule has 0 aromatic carbocycles. The van der Waals surface area contributed by atoms with Gasteiger partial charge in [0.1, 0.15) is 0 Å². The van der Waals surface area contributed by atoms with Crippen LogP contribution in [0.3, 0.4) is 0 Å². The van der Waals surface area contributed by atoms with Crippen molar-refractivity contribution in [2.75, 3.05) is 6.54 Å². The predicted molar refractivity (Wildman–Crippen MR) is 74.8 cm³/mol. The lowest BCUT2D eigenvalue weighted by Crippen LogP contribution is -2.27. The van der Waals surface area contributed by atoms with Gasteiger partial charge in [0.25, 0.3) is 0 Å². The summed E-state index contributed by atoms with van der Waals surface area (Å²) in [4.78, 5) is 16.3. The molecule has 3 nitrogen and oxygen atoms in total. The fourth-order valence-electron chi connectivity index (χ4n) is 1.88. The van der Waals surface area contributed by atoms with Crippen LogP contribution < -0.4 is 5.32 Å². The smallest absolute Gasteiger partial charge is 0.223 e. The van der Waals surface area contributed by atoms with Gasteiger partial charge < -0.3 is 5.32 Å². The fourth-order valence-corrected chi connectivity index (χ4v) is 2.91. The second kappa shape index (κ2) is 5.00. The van der Waals surface area contributed by atoms with Gasteiger partial charge in [0, 0.05) is 29.7 Å². The maximum atomic E-state index is 11.6. The van der Waals surface area contributed by atoms with Gasteiger partial charge in [0.05, 0.1) is 10.7 Å². The summed E-state index contributed by atoms with van der Waals surface area (Å²) in [5, 5.41) is 6.24. The van der Waals surface area contributed by atoms with Gasteiger partial charge in [0.15, 0.2) is 0 Å². The Morgan fingerprint density at radius 2 is 2.22 bits per heavy atom. The lowest BCUT2D eigenvalue weighted by atomic mass is 9.93. The Bertz CT molecular complexity index is 433. The van der Waals surface area contributed by atoms with E-state index in [1.54, 1.807) is 11.3 Å². The third kappa shape index (κ3) is 3.31. The van der Waals surface area contributed by atoms with Crippen LogP contribution in [0.15, 0.2) is 5.38 Å². The molecule has 18 heavy (non-hydrogen) atoms. The van der Waals surface area contributed by atoms with E-state index in [1.165, 1.54) is 0 Å². The number of nitrogens with zero attached hydrogens (tertiary/aromatic N) is 1. The van der Waals surface area contributed by atoms with Crippen molar-refractivity contribution >= 4 is 17.2 Å². The first-order valence-corrected chi connectivity index (χ1v) is 7.48. The zero-order valence-electron chi connectivity index (χ0n) is 11.6. The molecule has 2 rings (SSSR count). The Kier molecular flexibility index (Phi) is 3.76. The summed E-state index contributed by atoms with van der Waals surface area (Å²) in [5.74, 6) is 1.07. The third-order valence-electron chi connectivity index (χ3n) is 3.40. The van der Waals surface area contributed by atoms with E-state index in [2.05, 4.69) is 43.4 Å². The zero-order chi connectivity index (χ0) is 13.3. The Hall–Kier alpha value is -0.900. The molecule has 1 amide bonds. The summed E-state index contributed by atoms with van der Waals surface area (Å²) >= 11 is 1.69. The molecule has 1 aliphatic carbocycles. The predicted octanol–water partition coefficient (Wildman–Crippen LogP) is 2.76. The monoisotopic (exact) mass is 266 g/mol. The van der Waals surface area contributed by atoms with Crippen molar-refractivity contribution in [1.82, 2.24) is 10.3 Å². The van der Waals surface area contributed by atoms with Gasteiger partial charge in [-0.2, -0.15) is 0 Å². The molecule has 0 spiro atoms. The summed E-state index contributed by atoms with van der Waals surface area (Å²) in [6.45, 7) is 9.34. The second-order valence-corrected chi connectivity index (χ2v) is 7.18. The Balaban J connectivity index is 1.77. The van der Waals surface area contributed by atoms with Crippen molar-refractivity contribution in [3.05, 3.63) is 16.1 Å². The number of thiazole rings is 1. The van der Waals surface area contributed by atoms with Gasteiger partial charge in [-0.15, -0.1) is 11.3 Å². The molecule has 0 aliphatic heterocycles. The average molecular weight is 266 g/mol. The Morgan fingerprint density at radius 3 is 2.72 bits per heavy atom. The van der Waals surface area contributed by atoms with Crippen molar-refractivity contribution in [3.63, 3.8) is 0 Å². The van der Waals surface area contributed by atoms with Crippen molar-refractivity contribution in [3.8, 4) is 0 Å². The van der Waals surface area contributed by atoms with E-state index in [0.717, 1.165) is 23.5 Å². The van der Waals surface area contributed by atoms with Crippen LogP contribution in [-0.2, 0) is 16.6 Å². The Labute approximate surface area is 113 Å². The summed E-state index contributed by atoms with van der Waals surface area (Å²) in [6, 6.07) is 0. The summed E-state index contributed by atoms with van der Waals surface area (Å²) in [6.07, 6.45) is 1.89. The van der Waals surface area contributed by atoms with Crippen molar-refractivity contribution in [1.29, 1.82) is 0 Å². The SMILES string of the molecule is CC1CC1C(=O)NCCc1nc(C(C)(C)C)cs1. The molecule has 1 fully saturated rings. The Morgan fingerprint density at radius 1 is 1.56 bits per heavy atom. The van der Waals surface area contributed by atoms with Crippen LogP contribution in [0.4, 0.5) is 0 Å². The van der Waals surface area contributed by atoms with E-state index in [-0.39, 0.29) is 17.2 Å². The highest BCUT2D eigenvalue weighted by atomic mass is 32.1. The van der Waals surface area contributed by atoms with Crippen molar-refractivity contribution in [2.24, 2.45) is 11.8 Å². The van der Waals surface area contributed by atoms with Crippen LogP contribution in [-0.4, -0.2) is 17.4 Å². The molecule has 0 saturated heterocycles. The number of nitrogens with one attached hydrogen (secondary N) is 1. The minimum Gasteiger partial charge on any atom is -0.355 e. The van der Waals surface area contributed by atoms with E-state index in [0.29, 0.717) is 12.5 Å². The quantitative estimate of drug-likeness (QED) is 0.910. The highest BCUT2D eigenvalue weighted by Crippen LogP contribution is 2.37. The van der Waals surface area contributed by atoms with E-state index in [1.807, 2.05) is 0 Å². The molecule has 0 bridgehead atoms. The lowest BCUT2D eigenvalue weighted by Gasteiger charge is -2.14. The van der Waals surface area contributed by atoms with Crippen LogP contribution in [0, 0.1) is 11.8 Å². The molecule has 100 valence electrons. The molecular formula is C14H22N2OS. The summed E-state index contributed by atoms with van der Waals surface area (Å²) in [7, 11) is 0.